The third kappa shape index (κ3) is 7.56. The molecule has 0 heterocycles. The quantitative estimate of drug-likeness (QED) is 0.262. The van der Waals surface area contributed by atoms with Crippen LogP contribution in [0.25, 0.3) is 5.57 Å². The highest BCUT2D eigenvalue weighted by molar-refractivity contribution is 5.64. The van der Waals surface area contributed by atoms with Gasteiger partial charge in [0.25, 0.3) is 0 Å². The first-order valence-electron chi connectivity index (χ1n) is 14.1. The molecule has 0 spiro atoms. The molecule has 4 heteroatoms. The molecule has 0 aromatic heterocycles. The smallest absolute Gasteiger partial charge is 0.130 e. The molecule has 3 rings (SSSR count). The monoisotopic (exact) mass is 535 g/mol. The Bertz CT molecular complexity index is 1220. The van der Waals surface area contributed by atoms with E-state index in [0.29, 0.717) is 35.1 Å². The number of nitrogens with one attached hydrogen (secondary N) is 1. The van der Waals surface area contributed by atoms with Crippen LogP contribution in [0, 0.1) is 17.8 Å². The summed E-state index contributed by atoms with van der Waals surface area (Å²) < 4.78 is 43.8. The van der Waals surface area contributed by atoms with E-state index < -0.39 is 12.3 Å². The molecule has 0 radical (unpaired) electrons. The number of hydrogen-bond donors (Lipinski definition) is 1. The van der Waals surface area contributed by atoms with Gasteiger partial charge < -0.3 is 5.32 Å². The van der Waals surface area contributed by atoms with Crippen molar-refractivity contribution in [1.82, 2.24) is 0 Å². The number of alkyl halides is 2. The number of anilines is 1. The third-order valence-corrected chi connectivity index (χ3v) is 8.15. The molecule has 2 aliphatic carbocycles. The van der Waals surface area contributed by atoms with Crippen molar-refractivity contribution in [2.75, 3.05) is 5.32 Å². The van der Waals surface area contributed by atoms with E-state index in [1.54, 1.807) is 13.8 Å². The van der Waals surface area contributed by atoms with E-state index in [-0.39, 0.29) is 23.6 Å². The molecule has 1 saturated carbocycles. The highest BCUT2D eigenvalue weighted by Gasteiger charge is 2.43. The van der Waals surface area contributed by atoms with Gasteiger partial charge in [0.1, 0.15) is 18.2 Å². The second-order valence-electron chi connectivity index (χ2n) is 11.1. The summed E-state index contributed by atoms with van der Waals surface area (Å²) in [5.41, 5.74) is 7.04. The van der Waals surface area contributed by atoms with E-state index in [0.717, 1.165) is 40.9 Å². The Hall–Kier alpha value is -3.01. The van der Waals surface area contributed by atoms with Crippen LogP contribution in [0.5, 0.6) is 0 Å². The first kappa shape index (κ1) is 30.5. The molecular formula is C35H44F3N. The van der Waals surface area contributed by atoms with Gasteiger partial charge in [0.15, 0.2) is 0 Å². The van der Waals surface area contributed by atoms with Crippen LogP contribution in [0.15, 0.2) is 101 Å². The van der Waals surface area contributed by atoms with E-state index in [9.17, 15) is 8.78 Å². The second kappa shape index (κ2) is 13.4. The molecule has 1 aromatic rings. The first-order chi connectivity index (χ1) is 18.5. The Labute approximate surface area is 233 Å². The molecule has 39 heavy (non-hydrogen) atoms. The van der Waals surface area contributed by atoms with Gasteiger partial charge in [-0.1, -0.05) is 55.2 Å². The van der Waals surface area contributed by atoms with E-state index >= 15 is 4.39 Å². The standard InChI is InChI=1S/C35H44F3N/c1-9-26(34-30(24(7)36)18-12-23(6)35(34)38)13-11-22(5)31(19-28-20-32(28)25(8)37)33(10-2)39-29-16-14-27(15-17-29)21(3)4/h9-11,13-17,24-25,28,31-32,39H,3,5,12,18-20H2,1-2,4,6-8H3/b13-11-,26-9?,33-10-. The lowest BCUT2D eigenvalue weighted by molar-refractivity contribution is 0.305. The van der Waals surface area contributed by atoms with Crippen molar-refractivity contribution >= 4 is 11.3 Å². The Morgan fingerprint density at radius 2 is 1.72 bits per heavy atom. The predicted octanol–water partition coefficient (Wildman–Crippen LogP) is 10.8. The molecule has 2 aliphatic rings. The Morgan fingerprint density at radius 3 is 2.23 bits per heavy atom. The molecule has 210 valence electrons. The van der Waals surface area contributed by atoms with Crippen molar-refractivity contribution < 1.29 is 13.2 Å². The minimum absolute atomic E-state index is 0.0686. The Kier molecular flexibility index (Phi) is 10.5. The van der Waals surface area contributed by atoms with Crippen LogP contribution in [0.3, 0.4) is 0 Å². The van der Waals surface area contributed by atoms with Crippen molar-refractivity contribution in [2.45, 2.75) is 79.6 Å². The van der Waals surface area contributed by atoms with Crippen LogP contribution in [0.2, 0.25) is 0 Å². The normalized spacial score (nSPS) is 22.7. The fourth-order valence-corrected chi connectivity index (χ4v) is 5.51. The number of benzene rings is 1. The van der Waals surface area contributed by atoms with Crippen molar-refractivity contribution in [1.29, 1.82) is 0 Å². The second-order valence-corrected chi connectivity index (χ2v) is 11.1. The maximum Gasteiger partial charge on any atom is 0.130 e. The van der Waals surface area contributed by atoms with Crippen LogP contribution in [-0.2, 0) is 0 Å². The minimum Gasteiger partial charge on any atom is -0.359 e. The predicted molar refractivity (Wildman–Crippen MR) is 161 cm³/mol. The summed E-state index contributed by atoms with van der Waals surface area (Å²) in [7, 11) is 0. The highest BCUT2D eigenvalue weighted by Crippen LogP contribution is 2.48. The van der Waals surface area contributed by atoms with Crippen LogP contribution in [0.4, 0.5) is 18.9 Å². The minimum atomic E-state index is -1.22. The number of allylic oxidation sites excluding steroid dienone is 11. The van der Waals surface area contributed by atoms with E-state index in [4.69, 9.17) is 0 Å². The van der Waals surface area contributed by atoms with Crippen LogP contribution < -0.4 is 5.32 Å². The highest BCUT2D eigenvalue weighted by atomic mass is 19.1. The SMILES string of the molecule is C=C(C)c1ccc(N/C(=C\C)C(CC2CC2C(C)F)C(=C)/C=C\C(=CC)C2=C(C(C)F)CCC(C)=C2F)cc1. The molecule has 0 aliphatic heterocycles. The third-order valence-electron chi connectivity index (χ3n) is 8.15. The van der Waals surface area contributed by atoms with E-state index in [1.807, 2.05) is 69.3 Å². The summed E-state index contributed by atoms with van der Waals surface area (Å²) >= 11 is 0. The van der Waals surface area contributed by atoms with Gasteiger partial charge in [-0.2, -0.15) is 0 Å². The van der Waals surface area contributed by atoms with Gasteiger partial charge in [0.2, 0.25) is 0 Å². The molecular weight excluding hydrogens is 491 g/mol. The molecule has 1 aromatic carbocycles. The van der Waals surface area contributed by atoms with Crippen molar-refractivity contribution in [3.05, 3.63) is 107 Å². The van der Waals surface area contributed by atoms with Gasteiger partial charge in [-0.15, -0.1) is 0 Å². The molecule has 0 bridgehead atoms. The van der Waals surface area contributed by atoms with Gasteiger partial charge in [-0.05, 0) is 119 Å². The molecule has 1 N–H and O–H groups in total. The average molecular weight is 536 g/mol. The van der Waals surface area contributed by atoms with Gasteiger partial charge in [-0.25, -0.2) is 13.2 Å². The fourth-order valence-electron chi connectivity index (χ4n) is 5.51. The summed E-state index contributed by atoms with van der Waals surface area (Å²) in [5, 5.41) is 3.55. The van der Waals surface area contributed by atoms with Gasteiger partial charge in [0, 0.05) is 22.9 Å². The molecule has 5 unspecified atom stereocenters. The Balaban J connectivity index is 1.90. The summed E-state index contributed by atoms with van der Waals surface area (Å²) in [5.74, 6) is -0.0353. The van der Waals surface area contributed by atoms with Crippen LogP contribution in [0.1, 0.15) is 72.8 Å². The zero-order chi connectivity index (χ0) is 28.9. The number of hydrogen-bond acceptors (Lipinski definition) is 1. The topological polar surface area (TPSA) is 12.0 Å². The lowest BCUT2D eigenvalue weighted by Gasteiger charge is -2.24. The maximum atomic E-state index is 15.3. The van der Waals surface area contributed by atoms with Crippen LogP contribution in [-0.4, -0.2) is 12.3 Å². The largest absolute Gasteiger partial charge is 0.359 e. The maximum absolute atomic E-state index is 15.3. The first-order valence-corrected chi connectivity index (χ1v) is 14.1. The van der Waals surface area contributed by atoms with Gasteiger partial charge in [-0.3, -0.25) is 0 Å². The lowest BCUT2D eigenvalue weighted by atomic mass is 9.84. The number of halogens is 3. The van der Waals surface area contributed by atoms with Crippen LogP contribution >= 0.6 is 0 Å². The molecule has 5 atom stereocenters. The summed E-state index contributed by atoms with van der Waals surface area (Å²) in [4.78, 5) is 0. The average Bonchev–Trinajstić information content (AvgIpc) is 3.68. The molecule has 1 fully saturated rings. The molecule has 0 amide bonds. The van der Waals surface area contributed by atoms with Crippen molar-refractivity contribution in [3.8, 4) is 0 Å². The fraction of sp³-hybridized carbons (Fsp3) is 0.429. The summed E-state index contributed by atoms with van der Waals surface area (Å²) in [6.07, 6.45) is 8.28. The summed E-state index contributed by atoms with van der Waals surface area (Å²) in [6.45, 7) is 19.1. The number of rotatable bonds is 12. The zero-order valence-electron chi connectivity index (χ0n) is 24.4. The van der Waals surface area contributed by atoms with Gasteiger partial charge in [0.05, 0.1) is 0 Å². The lowest BCUT2D eigenvalue weighted by Crippen LogP contribution is -2.15. The molecule has 0 saturated heterocycles. The van der Waals surface area contributed by atoms with Crippen molar-refractivity contribution in [3.63, 3.8) is 0 Å². The molecule has 1 nitrogen and oxygen atoms in total. The zero-order valence-corrected chi connectivity index (χ0v) is 24.4. The van der Waals surface area contributed by atoms with E-state index in [1.165, 1.54) is 6.92 Å². The van der Waals surface area contributed by atoms with E-state index in [2.05, 4.69) is 18.5 Å². The van der Waals surface area contributed by atoms with Gasteiger partial charge >= 0.3 is 0 Å². The Morgan fingerprint density at radius 1 is 1.05 bits per heavy atom. The van der Waals surface area contributed by atoms with Crippen molar-refractivity contribution in [2.24, 2.45) is 17.8 Å². The summed E-state index contributed by atoms with van der Waals surface area (Å²) in [6, 6.07) is 8.12.